The molecule has 2 amide bonds. The van der Waals surface area contributed by atoms with Crippen LogP contribution in [0.15, 0.2) is 16.5 Å². The van der Waals surface area contributed by atoms with Gasteiger partial charge >= 0.3 is 0 Å². The number of piperazine rings is 1. The number of piperidine rings is 1. The van der Waals surface area contributed by atoms with Crippen molar-refractivity contribution in [1.29, 1.82) is 0 Å². The van der Waals surface area contributed by atoms with Crippen molar-refractivity contribution in [2.24, 2.45) is 0 Å². The molecule has 156 valence electrons. The number of nitrogens with zero attached hydrogens (tertiary/aromatic N) is 4. The molecule has 2 aromatic rings. The van der Waals surface area contributed by atoms with Gasteiger partial charge in [-0.1, -0.05) is 0 Å². The first-order valence-electron chi connectivity index (χ1n) is 10.2. The van der Waals surface area contributed by atoms with Crippen LogP contribution >= 0.6 is 0 Å². The topological polar surface area (TPSA) is 107 Å². The Labute approximate surface area is 169 Å². The molecule has 2 aromatic heterocycles. The lowest BCUT2D eigenvalue weighted by atomic mass is 9.95. The molecular formula is C20H28N6O3. The Bertz CT molecular complexity index is 867. The van der Waals surface area contributed by atoms with Gasteiger partial charge in [0, 0.05) is 32.1 Å². The number of hydrogen-bond acceptors (Lipinski definition) is 6. The second-order valence-electron chi connectivity index (χ2n) is 7.93. The van der Waals surface area contributed by atoms with Gasteiger partial charge in [0.15, 0.2) is 5.82 Å². The number of rotatable bonds is 5. The fourth-order valence-electron chi connectivity index (χ4n) is 4.17. The van der Waals surface area contributed by atoms with Crippen LogP contribution in [0.1, 0.15) is 48.3 Å². The van der Waals surface area contributed by atoms with Gasteiger partial charge in [-0.3, -0.25) is 19.6 Å². The first-order chi connectivity index (χ1) is 14.0. The van der Waals surface area contributed by atoms with Crippen LogP contribution in [0.4, 0.5) is 0 Å². The average Bonchev–Trinajstić information content (AvgIpc) is 3.32. The smallest absolute Gasteiger partial charge is 0.237 e. The molecule has 4 heterocycles. The first kappa shape index (κ1) is 19.6. The standard InChI is InChI=1S/C20H28N6O3/c1-13-3-4-16(29-13)12-26-10-7-21-20(28)17(26)11-18(27)25-8-5-15(6-9-25)19-22-14(2)23-24-19/h3-4,15,17H,5-12H2,1-2H3,(H,21,28)(H,22,23,24)/t17-/m0/s1. The fraction of sp³-hybridized carbons (Fsp3) is 0.600. The molecule has 0 aromatic carbocycles. The second-order valence-corrected chi connectivity index (χ2v) is 7.93. The Morgan fingerprint density at radius 2 is 2.03 bits per heavy atom. The number of aryl methyl sites for hydroxylation is 2. The van der Waals surface area contributed by atoms with E-state index in [0.29, 0.717) is 32.7 Å². The summed E-state index contributed by atoms with van der Waals surface area (Å²) in [7, 11) is 0. The second kappa shape index (κ2) is 8.36. The van der Waals surface area contributed by atoms with E-state index in [9.17, 15) is 9.59 Å². The summed E-state index contributed by atoms with van der Waals surface area (Å²) >= 11 is 0. The van der Waals surface area contributed by atoms with Crippen molar-refractivity contribution < 1.29 is 14.0 Å². The molecular weight excluding hydrogens is 372 g/mol. The summed E-state index contributed by atoms with van der Waals surface area (Å²) < 4.78 is 5.66. The highest BCUT2D eigenvalue weighted by Crippen LogP contribution is 2.26. The van der Waals surface area contributed by atoms with Crippen LogP contribution in [-0.2, 0) is 16.1 Å². The lowest BCUT2D eigenvalue weighted by Crippen LogP contribution is -2.56. The monoisotopic (exact) mass is 400 g/mol. The van der Waals surface area contributed by atoms with Gasteiger partial charge in [0.25, 0.3) is 0 Å². The quantitative estimate of drug-likeness (QED) is 0.779. The molecule has 0 saturated carbocycles. The molecule has 0 unspecified atom stereocenters. The molecule has 9 heteroatoms. The number of amides is 2. The number of aromatic nitrogens is 3. The fourth-order valence-corrected chi connectivity index (χ4v) is 4.17. The highest BCUT2D eigenvalue weighted by atomic mass is 16.3. The number of nitrogens with one attached hydrogen (secondary N) is 2. The minimum Gasteiger partial charge on any atom is -0.465 e. The highest BCUT2D eigenvalue weighted by molar-refractivity contribution is 5.88. The maximum Gasteiger partial charge on any atom is 0.237 e. The zero-order chi connectivity index (χ0) is 20.4. The van der Waals surface area contributed by atoms with Gasteiger partial charge in [-0.05, 0) is 38.8 Å². The number of carbonyl (C=O) groups is 2. The number of carbonyl (C=O) groups excluding carboxylic acids is 2. The zero-order valence-electron chi connectivity index (χ0n) is 17.0. The van der Waals surface area contributed by atoms with Crippen molar-refractivity contribution >= 4 is 11.8 Å². The van der Waals surface area contributed by atoms with E-state index in [1.807, 2.05) is 35.8 Å². The third-order valence-electron chi connectivity index (χ3n) is 5.79. The third kappa shape index (κ3) is 4.50. The maximum absolute atomic E-state index is 12.9. The van der Waals surface area contributed by atoms with Gasteiger partial charge in [-0.25, -0.2) is 4.98 Å². The molecule has 2 aliphatic heterocycles. The van der Waals surface area contributed by atoms with E-state index in [1.54, 1.807) is 0 Å². The van der Waals surface area contributed by atoms with E-state index < -0.39 is 6.04 Å². The minimum atomic E-state index is -0.463. The summed E-state index contributed by atoms with van der Waals surface area (Å²) in [5.74, 6) is 3.53. The lowest BCUT2D eigenvalue weighted by molar-refractivity contribution is -0.139. The van der Waals surface area contributed by atoms with Crippen molar-refractivity contribution in [3.8, 4) is 0 Å². The van der Waals surface area contributed by atoms with E-state index in [4.69, 9.17) is 4.42 Å². The van der Waals surface area contributed by atoms with Gasteiger partial charge in [-0.15, -0.1) is 0 Å². The molecule has 0 bridgehead atoms. The largest absolute Gasteiger partial charge is 0.465 e. The molecule has 1 atom stereocenters. The van der Waals surface area contributed by atoms with Gasteiger partial charge in [0.2, 0.25) is 11.8 Å². The minimum absolute atomic E-state index is 0.0253. The summed E-state index contributed by atoms with van der Waals surface area (Å²) in [5.41, 5.74) is 0. The van der Waals surface area contributed by atoms with Crippen LogP contribution in [0.2, 0.25) is 0 Å². The summed E-state index contributed by atoms with van der Waals surface area (Å²) in [4.78, 5) is 33.7. The molecule has 4 rings (SSSR count). The lowest BCUT2D eigenvalue weighted by Gasteiger charge is -2.36. The summed E-state index contributed by atoms with van der Waals surface area (Å²) in [6.45, 7) is 6.95. The SMILES string of the molecule is Cc1nc(C2CCN(C(=O)C[C@H]3C(=O)NCCN3Cc3ccc(C)o3)CC2)n[nH]1. The Balaban J connectivity index is 1.35. The Hall–Kier alpha value is -2.68. The van der Waals surface area contributed by atoms with E-state index in [2.05, 4.69) is 20.5 Å². The molecule has 0 aliphatic carbocycles. The Morgan fingerprint density at radius 1 is 1.24 bits per heavy atom. The van der Waals surface area contributed by atoms with E-state index >= 15 is 0 Å². The van der Waals surface area contributed by atoms with Crippen molar-refractivity contribution in [2.45, 2.75) is 51.6 Å². The molecule has 9 nitrogen and oxygen atoms in total. The van der Waals surface area contributed by atoms with Crippen LogP contribution in [0.5, 0.6) is 0 Å². The number of likely N-dealkylation sites (tertiary alicyclic amines) is 1. The van der Waals surface area contributed by atoms with Gasteiger partial charge in [0.05, 0.1) is 19.0 Å². The van der Waals surface area contributed by atoms with Gasteiger partial charge in [-0.2, -0.15) is 5.10 Å². The molecule has 0 radical (unpaired) electrons. The summed E-state index contributed by atoms with van der Waals surface area (Å²) in [6.07, 6.45) is 1.88. The first-order valence-corrected chi connectivity index (χ1v) is 10.2. The predicted molar refractivity (Wildman–Crippen MR) is 105 cm³/mol. The molecule has 2 saturated heterocycles. The Kier molecular flexibility index (Phi) is 5.66. The molecule has 2 N–H and O–H groups in total. The summed E-state index contributed by atoms with van der Waals surface area (Å²) in [5, 5.41) is 10.0. The number of H-pyrrole nitrogens is 1. The molecule has 2 fully saturated rings. The molecule has 29 heavy (non-hydrogen) atoms. The predicted octanol–water partition coefficient (Wildman–Crippen LogP) is 1.11. The number of furan rings is 1. The van der Waals surface area contributed by atoms with E-state index in [-0.39, 0.29) is 24.2 Å². The maximum atomic E-state index is 12.9. The van der Waals surface area contributed by atoms with E-state index in [0.717, 1.165) is 36.0 Å². The van der Waals surface area contributed by atoms with Crippen molar-refractivity contribution in [1.82, 2.24) is 30.3 Å². The third-order valence-corrected chi connectivity index (χ3v) is 5.79. The molecule has 0 spiro atoms. The Morgan fingerprint density at radius 3 is 2.69 bits per heavy atom. The number of aromatic amines is 1. The van der Waals surface area contributed by atoms with E-state index in [1.165, 1.54) is 0 Å². The average molecular weight is 400 g/mol. The van der Waals surface area contributed by atoms with Crippen molar-refractivity contribution in [2.75, 3.05) is 26.2 Å². The van der Waals surface area contributed by atoms with Crippen LogP contribution in [0.3, 0.4) is 0 Å². The van der Waals surface area contributed by atoms with Crippen LogP contribution in [-0.4, -0.2) is 69.0 Å². The van der Waals surface area contributed by atoms with Crippen LogP contribution in [0, 0.1) is 13.8 Å². The normalized spacial score (nSPS) is 21.4. The summed E-state index contributed by atoms with van der Waals surface area (Å²) in [6, 6.07) is 3.38. The van der Waals surface area contributed by atoms with Crippen molar-refractivity contribution in [3.05, 3.63) is 35.3 Å². The highest BCUT2D eigenvalue weighted by Gasteiger charge is 2.34. The van der Waals surface area contributed by atoms with Crippen LogP contribution < -0.4 is 5.32 Å². The number of hydrogen-bond donors (Lipinski definition) is 2. The van der Waals surface area contributed by atoms with Gasteiger partial charge in [0.1, 0.15) is 17.3 Å². The van der Waals surface area contributed by atoms with Crippen LogP contribution in [0.25, 0.3) is 0 Å². The molecule has 2 aliphatic rings. The van der Waals surface area contributed by atoms with Crippen molar-refractivity contribution in [3.63, 3.8) is 0 Å². The zero-order valence-corrected chi connectivity index (χ0v) is 17.0. The van der Waals surface area contributed by atoms with Gasteiger partial charge < -0.3 is 14.6 Å².